The summed E-state index contributed by atoms with van der Waals surface area (Å²) >= 11 is 1.69. The van der Waals surface area contributed by atoms with E-state index in [-0.39, 0.29) is 17.9 Å². The molecule has 24 heavy (non-hydrogen) atoms. The lowest BCUT2D eigenvalue weighted by Crippen LogP contribution is -2.42. The summed E-state index contributed by atoms with van der Waals surface area (Å²) in [7, 11) is 1.92. The Morgan fingerprint density at radius 1 is 1.38 bits per heavy atom. The number of aromatic nitrogens is 1. The van der Waals surface area contributed by atoms with Gasteiger partial charge in [-0.2, -0.15) is 0 Å². The number of nitrogens with zero attached hydrogens (tertiary/aromatic N) is 2. The van der Waals surface area contributed by atoms with Crippen LogP contribution in [0.2, 0.25) is 0 Å². The van der Waals surface area contributed by atoms with Crippen molar-refractivity contribution in [1.82, 2.24) is 15.2 Å². The van der Waals surface area contributed by atoms with Crippen LogP contribution in [0.1, 0.15) is 36.4 Å². The van der Waals surface area contributed by atoms with E-state index in [1.807, 2.05) is 37.1 Å². The predicted octanol–water partition coefficient (Wildman–Crippen LogP) is 3.64. The molecule has 4 nitrogen and oxygen atoms in total. The third-order valence-corrected chi connectivity index (χ3v) is 6.18. The molecule has 3 rings (SSSR count). The average molecular weight is 343 g/mol. The van der Waals surface area contributed by atoms with Gasteiger partial charge in [0.2, 0.25) is 5.91 Å². The van der Waals surface area contributed by atoms with Gasteiger partial charge in [-0.1, -0.05) is 30.3 Å². The van der Waals surface area contributed by atoms with Crippen LogP contribution < -0.4 is 5.32 Å². The van der Waals surface area contributed by atoms with Crippen LogP contribution in [0.25, 0.3) is 10.6 Å². The summed E-state index contributed by atoms with van der Waals surface area (Å²) < 4.78 is 0. The molecule has 128 valence electrons. The summed E-state index contributed by atoms with van der Waals surface area (Å²) in [6.07, 6.45) is 2.07. The minimum absolute atomic E-state index is 0.0504. The predicted molar refractivity (Wildman–Crippen MR) is 99.1 cm³/mol. The van der Waals surface area contributed by atoms with Gasteiger partial charge in [-0.3, -0.25) is 4.79 Å². The molecule has 1 aromatic heterocycles. The lowest BCUT2D eigenvalue weighted by molar-refractivity contribution is -0.136. The molecule has 2 atom stereocenters. The number of carbonyl (C=O) groups is 1. The number of benzene rings is 1. The lowest BCUT2D eigenvalue weighted by Gasteiger charge is -2.30. The van der Waals surface area contributed by atoms with Crippen LogP contribution in [0.3, 0.4) is 0 Å². The number of amides is 1. The first-order valence-electron chi connectivity index (χ1n) is 8.58. The number of nitrogens with one attached hydrogen (secondary N) is 1. The Morgan fingerprint density at radius 2 is 2.12 bits per heavy atom. The second-order valence-corrected chi connectivity index (χ2v) is 7.53. The highest BCUT2D eigenvalue weighted by atomic mass is 32.1. The van der Waals surface area contributed by atoms with Crippen LogP contribution in [0.15, 0.2) is 30.3 Å². The minimum atomic E-state index is 0.0504. The summed E-state index contributed by atoms with van der Waals surface area (Å²) in [6.45, 7) is 5.96. The van der Waals surface area contributed by atoms with E-state index in [0.29, 0.717) is 0 Å². The summed E-state index contributed by atoms with van der Waals surface area (Å²) in [4.78, 5) is 20.6. The van der Waals surface area contributed by atoms with Crippen LogP contribution >= 0.6 is 11.3 Å². The highest BCUT2D eigenvalue weighted by Gasteiger charge is 2.28. The Morgan fingerprint density at radius 3 is 2.79 bits per heavy atom. The monoisotopic (exact) mass is 343 g/mol. The van der Waals surface area contributed by atoms with Gasteiger partial charge in [0, 0.05) is 19.2 Å². The Labute approximate surface area is 147 Å². The molecule has 1 aliphatic rings. The molecule has 1 aliphatic heterocycles. The van der Waals surface area contributed by atoms with E-state index in [2.05, 4.69) is 24.4 Å². The zero-order chi connectivity index (χ0) is 17.1. The summed E-state index contributed by atoms with van der Waals surface area (Å²) in [5, 5.41) is 4.35. The number of rotatable bonds is 4. The van der Waals surface area contributed by atoms with Crippen LogP contribution in [-0.4, -0.2) is 35.9 Å². The minimum Gasteiger partial charge on any atom is -0.338 e. The van der Waals surface area contributed by atoms with Crippen molar-refractivity contribution in [3.8, 4) is 10.6 Å². The first-order valence-corrected chi connectivity index (χ1v) is 9.39. The zero-order valence-electron chi connectivity index (χ0n) is 14.6. The van der Waals surface area contributed by atoms with Gasteiger partial charge in [-0.25, -0.2) is 4.98 Å². The molecule has 0 aliphatic carbocycles. The molecule has 1 fully saturated rings. The molecule has 2 aromatic rings. The van der Waals surface area contributed by atoms with Crippen LogP contribution in [-0.2, 0) is 4.79 Å². The Bertz CT molecular complexity index is 692. The standard InChI is InChI=1S/C19H25N3OS/c1-13-17(24-18(21-13)15-8-5-4-6-9-15)14(2)22(3)19(23)16-10-7-11-20-12-16/h4-6,8-9,14,16,20H,7,10-12H2,1-3H3. The van der Waals surface area contributed by atoms with E-state index in [4.69, 9.17) is 4.98 Å². The maximum atomic E-state index is 12.8. The fourth-order valence-electron chi connectivity index (χ4n) is 3.22. The molecule has 2 unspecified atom stereocenters. The molecule has 1 aromatic carbocycles. The SMILES string of the molecule is Cc1nc(-c2ccccc2)sc1C(C)N(C)C(=O)C1CCCNC1. The molecule has 1 saturated heterocycles. The number of hydrogen-bond acceptors (Lipinski definition) is 4. The molecule has 2 heterocycles. The van der Waals surface area contributed by atoms with Gasteiger partial charge < -0.3 is 10.2 Å². The van der Waals surface area contributed by atoms with Gasteiger partial charge in [0.1, 0.15) is 5.01 Å². The third-order valence-electron chi connectivity index (χ3n) is 4.81. The van der Waals surface area contributed by atoms with E-state index >= 15 is 0 Å². The maximum absolute atomic E-state index is 12.8. The highest BCUT2D eigenvalue weighted by Crippen LogP contribution is 2.34. The molecule has 0 saturated carbocycles. The van der Waals surface area contributed by atoms with Crippen molar-refractivity contribution in [3.63, 3.8) is 0 Å². The zero-order valence-corrected chi connectivity index (χ0v) is 15.4. The van der Waals surface area contributed by atoms with Crippen LogP contribution in [0.4, 0.5) is 0 Å². The van der Waals surface area contributed by atoms with E-state index in [1.165, 1.54) is 4.88 Å². The number of piperidine rings is 1. The van der Waals surface area contributed by atoms with E-state index in [0.717, 1.165) is 42.2 Å². The van der Waals surface area contributed by atoms with Crippen molar-refractivity contribution in [1.29, 1.82) is 0 Å². The van der Waals surface area contributed by atoms with Crippen LogP contribution in [0.5, 0.6) is 0 Å². The molecular weight excluding hydrogens is 318 g/mol. The smallest absolute Gasteiger partial charge is 0.227 e. The van der Waals surface area contributed by atoms with Crippen molar-refractivity contribution in [2.75, 3.05) is 20.1 Å². The largest absolute Gasteiger partial charge is 0.338 e. The normalized spacial score (nSPS) is 19.0. The first kappa shape index (κ1) is 17.1. The van der Waals surface area contributed by atoms with Gasteiger partial charge in [0.15, 0.2) is 0 Å². The van der Waals surface area contributed by atoms with Gasteiger partial charge in [0.05, 0.1) is 22.5 Å². The molecular formula is C19H25N3OS. The summed E-state index contributed by atoms with van der Waals surface area (Å²) in [5.41, 5.74) is 2.15. The van der Waals surface area contributed by atoms with Crippen molar-refractivity contribution >= 4 is 17.2 Å². The number of aryl methyl sites for hydroxylation is 1. The van der Waals surface area contributed by atoms with Crippen molar-refractivity contribution in [3.05, 3.63) is 40.9 Å². The van der Waals surface area contributed by atoms with Gasteiger partial charge in [-0.15, -0.1) is 11.3 Å². The van der Waals surface area contributed by atoms with E-state index in [1.54, 1.807) is 11.3 Å². The number of carbonyl (C=O) groups excluding carboxylic acids is 1. The average Bonchev–Trinajstić information content (AvgIpc) is 3.03. The van der Waals surface area contributed by atoms with E-state index < -0.39 is 0 Å². The van der Waals surface area contributed by atoms with Crippen LogP contribution in [0, 0.1) is 12.8 Å². The van der Waals surface area contributed by atoms with Crippen molar-refractivity contribution in [2.45, 2.75) is 32.7 Å². The molecule has 1 amide bonds. The molecule has 1 N–H and O–H groups in total. The summed E-state index contributed by atoms with van der Waals surface area (Å²) in [5.74, 6) is 0.344. The fraction of sp³-hybridized carbons (Fsp3) is 0.474. The van der Waals surface area contributed by atoms with E-state index in [9.17, 15) is 4.79 Å². The number of hydrogen-bond donors (Lipinski definition) is 1. The summed E-state index contributed by atoms with van der Waals surface area (Å²) in [6, 6.07) is 10.3. The fourth-order valence-corrected chi connectivity index (χ4v) is 4.38. The quantitative estimate of drug-likeness (QED) is 0.922. The van der Waals surface area contributed by atoms with Crippen molar-refractivity contribution in [2.24, 2.45) is 5.92 Å². The number of thiazole rings is 1. The second kappa shape index (κ2) is 7.45. The molecule has 0 radical (unpaired) electrons. The van der Waals surface area contributed by atoms with Gasteiger partial charge in [0.25, 0.3) is 0 Å². The Balaban J connectivity index is 1.78. The molecule has 5 heteroatoms. The molecule has 0 bridgehead atoms. The van der Waals surface area contributed by atoms with Gasteiger partial charge in [-0.05, 0) is 33.2 Å². The molecule has 0 spiro atoms. The van der Waals surface area contributed by atoms with Crippen molar-refractivity contribution < 1.29 is 4.79 Å². The Kier molecular flexibility index (Phi) is 5.31. The second-order valence-electron chi connectivity index (χ2n) is 6.50. The highest BCUT2D eigenvalue weighted by molar-refractivity contribution is 7.15. The van der Waals surface area contributed by atoms with Gasteiger partial charge >= 0.3 is 0 Å². The first-order chi connectivity index (χ1) is 11.6. The topological polar surface area (TPSA) is 45.2 Å². The lowest BCUT2D eigenvalue weighted by atomic mass is 9.97. The third kappa shape index (κ3) is 3.52. The maximum Gasteiger partial charge on any atom is 0.227 e. The Hall–Kier alpha value is -1.72.